The summed E-state index contributed by atoms with van der Waals surface area (Å²) >= 11 is 0. The van der Waals surface area contributed by atoms with Crippen LogP contribution < -0.4 is 0 Å². The molecule has 0 saturated carbocycles. The number of carbonyl (C=O) groups is 2. The van der Waals surface area contributed by atoms with Crippen LogP contribution in [0.1, 0.15) is 17.0 Å². The van der Waals surface area contributed by atoms with E-state index < -0.39 is 24.2 Å². The Balaban J connectivity index is 0.00000196. The van der Waals surface area contributed by atoms with Crippen LogP contribution in [-0.4, -0.2) is 17.7 Å². The summed E-state index contributed by atoms with van der Waals surface area (Å²) in [6.45, 7) is 0. The first kappa shape index (κ1) is 15.0. The standard InChI is InChI=1S/C8H5F3O3.Eu/c9-8(10,11)7(13)4-5(12)6-2-1-3-14-6;/h1-3H,4H2;. The molecule has 0 aliphatic heterocycles. The van der Waals surface area contributed by atoms with Gasteiger partial charge in [-0.3, -0.25) is 9.59 Å². The van der Waals surface area contributed by atoms with E-state index >= 15 is 0 Å². The summed E-state index contributed by atoms with van der Waals surface area (Å²) in [7, 11) is 0. The van der Waals surface area contributed by atoms with Gasteiger partial charge in [0.1, 0.15) is 0 Å². The third-order valence-electron chi connectivity index (χ3n) is 1.43. The number of halogens is 3. The van der Waals surface area contributed by atoms with Gasteiger partial charge in [0.25, 0.3) is 0 Å². The summed E-state index contributed by atoms with van der Waals surface area (Å²) in [5.74, 6) is -3.29. The van der Waals surface area contributed by atoms with E-state index in [4.69, 9.17) is 0 Å². The van der Waals surface area contributed by atoms with Gasteiger partial charge in [-0.1, -0.05) is 0 Å². The van der Waals surface area contributed by atoms with Gasteiger partial charge in [0.05, 0.1) is 12.7 Å². The van der Waals surface area contributed by atoms with Crippen LogP contribution in [0.25, 0.3) is 0 Å². The van der Waals surface area contributed by atoms with Crippen molar-refractivity contribution in [3.63, 3.8) is 0 Å². The van der Waals surface area contributed by atoms with Crippen LogP contribution in [0.3, 0.4) is 0 Å². The quantitative estimate of drug-likeness (QED) is 0.613. The van der Waals surface area contributed by atoms with Crippen molar-refractivity contribution in [1.29, 1.82) is 0 Å². The minimum absolute atomic E-state index is 0. The third-order valence-corrected chi connectivity index (χ3v) is 1.43. The molecule has 0 amide bonds. The van der Waals surface area contributed by atoms with Crippen LogP contribution in [0.2, 0.25) is 0 Å². The molecule has 1 aromatic rings. The molecule has 1 radical (unpaired) electrons. The molecule has 0 unspecified atom stereocenters. The van der Waals surface area contributed by atoms with Crippen molar-refractivity contribution >= 4 is 11.6 Å². The van der Waals surface area contributed by atoms with Gasteiger partial charge in [-0.25, -0.2) is 0 Å². The first-order valence-corrected chi connectivity index (χ1v) is 3.58. The second kappa shape index (κ2) is 5.91. The molecular formula is C8H5EuF3O3. The van der Waals surface area contributed by atoms with Crippen molar-refractivity contribution in [2.75, 3.05) is 0 Å². The molecule has 1 heterocycles. The average Bonchev–Trinajstić information content (AvgIpc) is 2.53. The van der Waals surface area contributed by atoms with E-state index in [0.29, 0.717) is 0 Å². The SMILES string of the molecule is O=C(CC(=O)C(F)(F)F)c1ccco1.[Eu]. The van der Waals surface area contributed by atoms with Gasteiger partial charge >= 0.3 is 6.18 Å². The van der Waals surface area contributed by atoms with Gasteiger partial charge < -0.3 is 4.42 Å². The van der Waals surface area contributed by atoms with Gasteiger partial charge in [0.15, 0.2) is 5.76 Å². The summed E-state index contributed by atoms with van der Waals surface area (Å²) in [6.07, 6.45) is -5.04. The summed E-state index contributed by atoms with van der Waals surface area (Å²) in [5, 5.41) is 0. The molecular weight excluding hydrogens is 353 g/mol. The van der Waals surface area contributed by atoms with Crippen molar-refractivity contribution in [3.05, 3.63) is 24.2 Å². The Morgan fingerprint density at radius 3 is 2.33 bits per heavy atom. The molecule has 83 valence electrons. The van der Waals surface area contributed by atoms with Gasteiger partial charge in [-0.2, -0.15) is 13.2 Å². The van der Waals surface area contributed by atoms with Crippen molar-refractivity contribution in [3.8, 4) is 0 Å². The number of hydrogen-bond donors (Lipinski definition) is 0. The molecule has 1 aromatic heterocycles. The fraction of sp³-hybridized carbons (Fsp3) is 0.250. The summed E-state index contributed by atoms with van der Waals surface area (Å²) in [5.41, 5.74) is 0. The molecule has 0 bridgehead atoms. The normalized spacial score (nSPS) is 10.6. The summed E-state index contributed by atoms with van der Waals surface area (Å²) in [6, 6.07) is 2.55. The predicted octanol–water partition coefficient (Wildman–Crippen LogP) is 1.98. The maximum atomic E-state index is 11.7. The second-order valence-electron chi connectivity index (χ2n) is 2.50. The van der Waals surface area contributed by atoms with Gasteiger partial charge in [0, 0.05) is 49.4 Å². The molecule has 7 heteroatoms. The fourth-order valence-corrected chi connectivity index (χ4v) is 0.770. The molecule has 3 nitrogen and oxygen atoms in total. The summed E-state index contributed by atoms with van der Waals surface area (Å²) in [4.78, 5) is 21.3. The van der Waals surface area contributed by atoms with E-state index in [2.05, 4.69) is 4.42 Å². The van der Waals surface area contributed by atoms with Gasteiger partial charge in [0.2, 0.25) is 11.6 Å². The van der Waals surface area contributed by atoms with E-state index in [9.17, 15) is 22.8 Å². The Hall–Kier alpha value is -0.00558. The smallest absolute Gasteiger partial charge is 0.450 e. The Kier molecular flexibility index (Phi) is 5.91. The monoisotopic (exact) mass is 359 g/mol. The number of carbonyl (C=O) groups excluding carboxylic acids is 2. The summed E-state index contributed by atoms with van der Waals surface area (Å²) < 4.78 is 39.7. The molecule has 0 spiro atoms. The average molecular weight is 358 g/mol. The van der Waals surface area contributed by atoms with E-state index in [1.165, 1.54) is 12.1 Å². The first-order valence-electron chi connectivity index (χ1n) is 3.58. The predicted molar refractivity (Wildman–Crippen MR) is 38.7 cm³/mol. The number of alkyl halides is 3. The molecule has 0 aromatic carbocycles. The van der Waals surface area contributed by atoms with Crippen molar-refractivity contribution < 1.29 is 76.6 Å². The Bertz CT molecular complexity index is 343. The number of hydrogen-bond acceptors (Lipinski definition) is 3. The molecule has 0 aliphatic carbocycles. The molecule has 0 aliphatic rings. The molecule has 15 heavy (non-hydrogen) atoms. The maximum absolute atomic E-state index is 11.7. The van der Waals surface area contributed by atoms with Crippen LogP contribution in [0.5, 0.6) is 0 Å². The molecule has 1 rings (SSSR count). The largest absolute Gasteiger partial charge is 0.461 e. The van der Waals surface area contributed by atoms with E-state index in [0.717, 1.165) is 6.26 Å². The molecule has 0 fully saturated rings. The zero-order chi connectivity index (χ0) is 10.8. The van der Waals surface area contributed by atoms with Crippen molar-refractivity contribution in [1.82, 2.24) is 0 Å². The van der Waals surface area contributed by atoms with Gasteiger partial charge in [-0.15, -0.1) is 0 Å². The number of Topliss-reactive ketones (excluding diaryl/α,β-unsaturated/α-hetero) is 2. The third kappa shape index (κ3) is 4.57. The van der Waals surface area contributed by atoms with Crippen LogP contribution in [-0.2, 0) is 4.79 Å². The van der Waals surface area contributed by atoms with E-state index in [-0.39, 0.29) is 55.1 Å². The van der Waals surface area contributed by atoms with Gasteiger partial charge in [-0.05, 0) is 12.1 Å². The second-order valence-corrected chi connectivity index (χ2v) is 2.50. The Morgan fingerprint density at radius 1 is 1.33 bits per heavy atom. The first-order chi connectivity index (χ1) is 6.41. The molecule has 0 atom stereocenters. The molecule has 0 N–H and O–H groups in total. The van der Waals surface area contributed by atoms with Crippen LogP contribution in [0, 0.1) is 49.4 Å². The zero-order valence-corrected chi connectivity index (χ0v) is 9.60. The van der Waals surface area contributed by atoms with Crippen molar-refractivity contribution in [2.45, 2.75) is 12.6 Å². The van der Waals surface area contributed by atoms with E-state index in [1.807, 2.05) is 0 Å². The minimum Gasteiger partial charge on any atom is -0.461 e. The number of rotatable bonds is 3. The van der Waals surface area contributed by atoms with Crippen molar-refractivity contribution in [2.24, 2.45) is 0 Å². The maximum Gasteiger partial charge on any atom is 0.450 e. The molecule has 0 saturated heterocycles. The Morgan fingerprint density at radius 2 is 1.93 bits per heavy atom. The zero-order valence-electron chi connectivity index (χ0n) is 7.18. The number of furan rings is 1. The minimum atomic E-state index is -4.97. The fourth-order valence-electron chi connectivity index (χ4n) is 0.770. The van der Waals surface area contributed by atoms with Crippen LogP contribution >= 0.6 is 0 Å². The van der Waals surface area contributed by atoms with Crippen LogP contribution in [0.4, 0.5) is 13.2 Å². The Labute approximate surface area is 124 Å². The van der Waals surface area contributed by atoms with Crippen LogP contribution in [0.15, 0.2) is 22.8 Å². The van der Waals surface area contributed by atoms with E-state index in [1.54, 1.807) is 0 Å². The topological polar surface area (TPSA) is 47.3 Å². The number of ketones is 2.